The minimum atomic E-state index is 0.363. The molecule has 0 heterocycles. The van der Waals surface area contributed by atoms with Gasteiger partial charge in [0.1, 0.15) is 0 Å². The Balaban J connectivity index is 4.34. The van der Waals surface area contributed by atoms with Crippen molar-refractivity contribution in [2.45, 2.75) is 27.7 Å². The van der Waals surface area contributed by atoms with Gasteiger partial charge in [0.05, 0.1) is 0 Å². The number of hydrogen-bond acceptors (Lipinski definition) is 2. The second kappa shape index (κ2) is 3.49. The SMILES string of the molecule is CC(C)/C(N)=C(/N)C(C)C. The molecule has 0 aliphatic carbocycles. The predicted octanol–water partition coefficient (Wildman–Crippen LogP) is 1.43. The molecule has 0 aliphatic heterocycles. The number of hydrogen-bond donors (Lipinski definition) is 2. The molecule has 0 spiro atoms. The van der Waals surface area contributed by atoms with E-state index in [-0.39, 0.29) is 0 Å². The zero-order chi connectivity index (χ0) is 8.31. The minimum absolute atomic E-state index is 0.363. The van der Waals surface area contributed by atoms with Gasteiger partial charge >= 0.3 is 0 Å². The van der Waals surface area contributed by atoms with E-state index in [1.54, 1.807) is 0 Å². The van der Waals surface area contributed by atoms with Crippen LogP contribution in [0.5, 0.6) is 0 Å². The van der Waals surface area contributed by atoms with Crippen molar-refractivity contribution >= 4 is 0 Å². The lowest BCUT2D eigenvalue weighted by Gasteiger charge is -2.12. The van der Waals surface area contributed by atoms with Crippen LogP contribution in [0.2, 0.25) is 0 Å². The van der Waals surface area contributed by atoms with Crippen LogP contribution in [0.1, 0.15) is 27.7 Å². The normalized spacial score (nSPS) is 14.2. The summed E-state index contributed by atoms with van der Waals surface area (Å²) in [5.74, 6) is 0.727. The molecule has 0 aromatic heterocycles. The average molecular weight is 142 g/mol. The van der Waals surface area contributed by atoms with E-state index < -0.39 is 0 Å². The van der Waals surface area contributed by atoms with Gasteiger partial charge in [-0.1, -0.05) is 27.7 Å². The molecule has 10 heavy (non-hydrogen) atoms. The summed E-state index contributed by atoms with van der Waals surface area (Å²) < 4.78 is 0. The van der Waals surface area contributed by atoms with E-state index in [4.69, 9.17) is 11.5 Å². The van der Waals surface area contributed by atoms with E-state index in [0.29, 0.717) is 11.8 Å². The predicted molar refractivity (Wildman–Crippen MR) is 45.1 cm³/mol. The van der Waals surface area contributed by atoms with Crippen molar-refractivity contribution in [3.63, 3.8) is 0 Å². The first-order valence-corrected chi connectivity index (χ1v) is 3.71. The largest absolute Gasteiger partial charge is 0.400 e. The van der Waals surface area contributed by atoms with Crippen LogP contribution in [0.4, 0.5) is 0 Å². The molecule has 0 radical (unpaired) electrons. The van der Waals surface area contributed by atoms with Gasteiger partial charge in [-0.25, -0.2) is 0 Å². The zero-order valence-corrected chi connectivity index (χ0v) is 7.31. The second-order valence-corrected chi connectivity index (χ2v) is 3.22. The molecule has 2 nitrogen and oxygen atoms in total. The van der Waals surface area contributed by atoms with Crippen molar-refractivity contribution in [3.8, 4) is 0 Å². The maximum absolute atomic E-state index is 5.72. The molecular formula is C8H18N2. The van der Waals surface area contributed by atoms with Crippen molar-refractivity contribution in [3.05, 3.63) is 11.4 Å². The molecule has 0 atom stereocenters. The molecule has 0 saturated carbocycles. The van der Waals surface area contributed by atoms with Gasteiger partial charge in [0.15, 0.2) is 0 Å². The molecule has 0 fully saturated rings. The van der Waals surface area contributed by atoms with Crippen LogP contribution in [0, 0.1) is 11.8 Å². The lowest BCUT2D eigenvalue weighted by atomic mass is 10.0. The highest BCUT2D eigenvalue weighted by molar-refractivity contribution is 5.10. The first-order chi connectivity index (χ1) is 4.46. The highest BCUT2D eigenvalue weighted by Crippen LogP contribution is 2.11. The Bertz CT molecular complexity index is 118. The quantitative estimate of drug-likeness (QED) is 0.612. The van der Waals surface area contributed by atoms with E-state index in [2.05, 4.69) is 0 Å². The molecule has 4 N–H and O–H groups in total. The molecule has 2 heteroatoms. The van der Waals surface area contributed by atoms with E-state index in [0.717, 1.165) is 11.4 Å². The maximum atomic E-state index is 5.72. The Hall–Kier alpha value is -0.660. The summed E-state index contributed by atoms with van der Waals surface area (Å²) >= 11 is 0. The molecule has 0 aliphatic rings. The fraction of sp³-hybridized carbons (Fsp3) is 0.750. The Kier molecular flexibility index (Phi) is 3.26. The van der Waals surface area contributed by atoms with Gasteiger partial charge in [-0.15, -0.1) is 0 Å². The van der Waals surface area contributed by atoms with Crippen LogP contribution in [0.3, 0.4) is 0 Å². The van der Waals surface area contributed by atoms with Crippen molar-refractivity contribution in [2.75, 3.05) is 0 Å². The Morgan fingerprint density at radius 1 is 0.800 bits per heavy atom. The van der Waals surface area contributed by atoms with E-state index in [1.165, 1.54) is 0 Å². The van der Waals surface area contributed by atoms with Gasteiger partial charge in [0.25, 0.3) is 0 Å². The van der Waals surface area contributed by atoms with Crippen molar-refractivity contribution in [1.82, 2.24) is 0 Å². The highest BCUT2D eigenvalue weighted by Gasteiger charge is 2.05. The molecule has 0 bridgehead atoms. The molecule has 0 rings (SSSR count). The summed E-state index contributed by atoms with van der Waals surface area (Å²) in [4.78, 5) is 0. The summed E-state index contributed by atoms with van der Waals surface area (Å²) in [6.45, 7) is 8.18. The molecule has 0 amide bonds. The highest BCUT2D eigenvalue weighted by atomic mass is 14.7. The van der Waals surface area contributed by atoms with Gasteiger partial charge in [-0.2, -0.15) is 0 Å². The topological polar surface area (TPSA) is 52.0 Å². The lowest BCUT2D eigenvalue weighted by Crippen LogP contribution is -2.18. The average Bonchev–Trinajstić information content (AvgIpc) is 1.84. The van der Waals surface area contributed by atoms with Crippen molar-refractivity contribution < 1.29 is 0 Å². The fourth-order valence-corrected chi connectivity index (χ4v) is 0.667. The third-order valence-corrected chi connectivity index (χ3v) is 1.58. The third kappa shape index (κ3) is 2.29. The minimum Gasteiger partial charge on any atom is -0.400 e. The summed E-state index contributed by atoms with van der Waals surface area (Å²) in [5, 5.41) is 0. The first-order valence-electron chi connectivity index (χ1n) is 3.71. The van der Waals surface area contributed by atoms with Crippen LogP contribution in [0.25, 0.3) is 0 Å². The smallest absolute Gasteiger partial charge is 0.0300 e. The summed E-state index contributed by atoms with van der Waals surface area (Å²) in [5.41, 5.74) is 13.1. The van der Waals surface area contributed by atoms with Gasteiger partial charge in [-0.3, -0.25) is 0 Å². The molecule has 60 valence electrons. The van der Waals surface area contributed by atoms with E-state index in [9.17, 15) is 0 Å². The van der Waals surface area contributed by atoms with Crippen molar-refractivity contribution in [1.29, 1.82) is 0 Å². The molecule has 0 saturated heterocycles. The number of nitrogens with two attached hydrogens (primary N) is 2. The fourth-order valence-electron chi connectivity index (χ4n) is 0.667. The maximum Gasteiger partial charge on any atom is 0.0300 e. The second-order valence-electron chi connectivity index (χ2n) is 3.22. The van der Waals surface area contributed by atoms with Crippen LogP contribution in [-0.4, -0.2) is 0 Å². The van der Waals surface area contributed by atoms with Gasteiger partial charge in [-0.05, 0) is 11.8 Å². The van der Waals surface area contributed by atoms with Crippen LogP contribution >= 0.6 is 0 Å². The first kappa shape index (κ1) is 9.34. The molecule has 0 aromatic carbocycles. The van der Waals surface area contributed by atoms with Gasteiger partial charge < -0.3 is 11.5 Å². The lowest BCUT2D eigenvalue weighted by molar-refractivity contribution is 0.675. The summed E-state index contributed by atoms with van der Waals surface area (Å²) in [7, 11) is 0. The standard InChI is InChI=1S/C8H18N2/c1-5(2)7(9)8(10)6(3)4/h5-6H,9-10H2,1-4H3/b8-7-. The van der Waals surface area contributed by atoms with Gasteiger partial charge in [0.2, 0.25) is 0 Å². The number of rotatable bonds is 2. The van der Waals surface area contributed by atoms with E-state index in [1.807, 2.05) is 27.7 Å². The van der Waals surface area contributed by atoms with E-state index >= 15 is 0 Å². The Morgan fingerprint density at radius 2 is 1.00 bits per heavy atom. The van der Waals surface area contributed by atoms with Crippen molar-refractivity contribution in [2.24, 2.45) is 23.3 Å². The van der Waals surface area contributed by atoms with Crippen LogP contribution < -0.4 is 11.5 Å². The van der Waals surface area contributed by atoms with Crippen LogP contribution in [0.15, 0.2) is 11.4 Å². The number of allylic oxidation sites excluding steroid dienone is 2. The summed E-state index contributed by atoms with van der Waals surface area (Å²) in [6, 6.07) is 0. The van der Waals surface area contributed by atoms with Crippen LogP contribution in [-0.2, 0) is 0 Å². The third-order valence-electron chi connectivity index (χ3n) is 1.58. The zero-order valence-electron chi connectivity index (χ0n) is 7.31. The Morgan fingerprint density at radius 3 is 1.10 bits per heavy atom. The molecule has 0 unspecified atom stereocenters. The summed E-state index contributed by atoms with van der Waals surface area (Å²) in [6.07, 6.45) is 0. The van der Waals surface area contributed by atoms with Gasteiger partial charge in [0, 0.05) is 11.4 Å². The monoisotopic (exact) mass is 142 g/mol. The molecule has 0 aromatic rings. The molecular weight excluding hydrogens is 124 g/mol. The Labute approximate surface area is 63.3 Å².